The number of aromatic nitrogens is 1. The molecule has 41 heavy (non-hydrogen) atoms. The smallest absolute Gasteiger partial charge is 0.355 e. The molecule has 1 unspecified atom stereocenters. The topological polar surface area (TPSA) is 132 Å². The Morgan fingerprint density at radius 1 is 1.05 bits per heavy atom. The number of oxazole rings is 1. The van der Waals surface area contributed by atoms with Crippen LogP contribution in [0, 0.1) is 18.3 Å². The molecule has 9 heteroatoms. The highest BCUT2D eigenvalue weighted by Crippen LogP contribution is 2.44. The number of nitrogens with two attached hydrogens (primary N) is 1. The molecule has 0 amide bonds. The Morgan fingerprint density at radius 3 is 2.44 bits per heavy atom. The van der Waals surface area contributed by atoms with Crippen molar-refractivity contribution in [2.45, 2.75) is 26.2 Å². The average Bonchev–Trinajstić information content (AvgIpc) is 3.44. The number of hydrogen-bond acceptors (Lipinski definition) is 9. The first-order valence-electron chi connectivity index (χ1n) is 13.0. The van der Waals surface area contributed by atoms with Gasteiger partial charge in [-0.05, 0) is 54.3 Å². The summed E-state index contributed by atoms with van der Waals surface area (Å²) in [5, 5.41) is 10.3. The molecule has 4 aromatic rings. The van der Waals surface area contributed by atoms with Crippen LogP contribution in [0.4, 0.5) is 5.69 Å². The van der Waals surface area contributed by atoms with Crippen LogP contribution >= 0.6 is 0 Å². The molecule has 0 fully saturated rings. The molecule has 1 atom stereocenters. The molecular weight excluding hydrogens is 520 g/mol. The van der Waals surface area contributed by atoms with Crippen LogP contribution in [0.2, 0.25) is 0 Å². The van der Waals surface area contributed by atoms with Gasteiger partial charge in [0.25, 0.3) is 0 Å². The third-order valence-corrected chi connectivity index (χ3v) is 7.17. The molecule has 0 bridgehead atoms. The summed E-state index contributed by atoms with van der Waals surface area (Å²) in [4.78, 5) is 32.8. The van der Waals surface area contributed by atoms with Crippen molar-refractivity contribution in [1.82, 2.24) is 4.98 Å². The van der Waals surface area contributed by atoms with Gasteiger partial charge in [0, 0.05) is 5.56 Å². The number of rotatable bonds is 6. The first kappa shape index (κ1) is 27.2. The van der Waals surface area contributed by atoms with E-state index in [1.165, 1.54) is 19.1 Å². The van der Waals surface area contributed by atoms with Crippen LogP contribution in [0.3, 0.4) is 0 Å². The number of carbonyl (C=O) groups is 2. The Balaban J connectivity index is 1.76. The summed E-state index contributed by atoms with van der Waals surface area (Å²) in [7, 11) is 2.43. The zero-order chi connectivity index (χ0) is 29.3. The fraction of sp³-hybridized carbons (Fsp3) is 0.188. The summed E-state index contributed by atoms with van der Waals surface area (Å²) in [6.07, 6.45) is 0.865. The Hall–Kier alpha value is -5.36. The number of nitrogens with zero attached hydrogens (tertiary/aromatic N) is 3. The second-order valence-corrected chi connectivity index (χ2v) is 9.51. The van der Waals surface area contributed by atoms with E-state index in [1.54, 1.807) is 30.3 Å². The van der Waals surface area contributed by atoms with Gasteiger partial charge in [0.05, 0.1) is 43.0 Å². The van der Waals surface area contributed by atoms with Crippen LogP contribution in [0.15, 0.2) is 93.8 Å². The minimum atomic E-state index is -0.952. The molecule has 1 aromatic heterocycles. The van der Waals surface area contributed by atoms with E-state index in [-0.39, 0.29) is 22.7 Å². The number of nitriles is 1. The van der Waals surface area contributed by atoms with Gasteiger partial charge in [0.15, 0.2) is 5.58 Å². The minimum Gasteiger partial charge on any atom is -0.466 e. The van der Waals surface area contributed by atoms with Gasteiger partial charge in [-0.3, -0.25) is 4.90 Å². The Morgan fingerprint density at radius 2 is 1.78 bits per heavy atom. The summed E-state index contributed by atoms with van der Waals surface area (Å²) >= 11 is 0. The van der Waals surface area contributed by atoms with Gasteiger partial charge in [-0.2, -0.15) is 5.26 Å². The number of hydrogen-bond donors (Lipinski definition) is 1. The molecule has 0 saturated heterocycles. The van der Waals surface area contributed by atoms with Gasteiger partial charge in [0.2, 0.25) is 5.89 Å². The number of anilines is 1. The molecule has 2 N–H and O–H groups in total. The predicted molar refractivity (Wildman–Crippen MR) is 153 cm³/mol. The van der Waals surface area contributed by atoms with Crippen LogP contribution in [0.1, 0.15) is 29.5 Å². The van der Waals surface area contributed by atoms with Crippen LogP contribution in [-0.4, -0.2) is 31.1 Å². The van der Waals surface area contributed by atoms with Gasteiger partial charge >= 0.3 is 11.9 Å². The zero-order valence-electron chi connectivity index (χ0n) is 23.1. The average molecular weight is 549 g/mol. The SMILES string of the molecule is CCc1ccc2oc(-c3ccc(C)c(N4C(N)=C(C#N)C(c5ccccc5)C(C(=O)OC)=C4C(=O)OC)c3)nc2c1. The lowest BCUT2D eigenvalue weighted by molar-refractivity contribution is -0.139. The summed E-state index contributed by atoms with van der Waals surface area (Å²) in [6.45, 7) is 3.89. The molecule has 9 nitrogen and oxygen atoms in total. The van der Waals surface area contributed by atoms with E-state index >= 15 is 0 Å². The second kappa shape index (κ2) is 11.0. The largest absolute Gasteiger partial charge is 0.466 e. The van der Waals surface area contributed by atoms with E-state index in [1.807, 2.05) is 43.3 Å². The number of carbonyl (C=O) groups excluding carboxylic acids is 2. The first-order valence-corrected chi connectivity index (χ1v) is 13.0. The molecule has 2 heterocycles. The third-order valence-electron chi connectivity index (χ3n) is 7.17. The van der Waals surface area contributed by atoms with Crippen LogP contribution in [0.5, 0.6) is 0 Å². The maximum atomic E-state index is 13.4. The summed E-state index contributed by atoms with van der Waals surface area (Å²) in [5.74, 6) is -2.20. The van der Waals surface area contributed by atoms with E-state index < -0.39 is 17.9 Å². The van der Waals surface area contributed by atoms with E-state index in [4.69, 9.17) is 19.6 Å². The minimum absolute atomic E-state index is 0.0141. The number of methoxy groups -OCH3 is 2. The van der Waals surface area contributed by atoms with Crippen molar-refractivity contribution in [3.63, 3.8) is 0 Å². The quantitative estimate of drug-likeness (QED) is 0.320. The van der Waals surface area contributed by atoms with Crippen molar-refractivity contribution in [3.8, 4) is 17.5 Å². The maximum absolute atomic E-state index is 13.4. The van der Waals surface area contributed by atoms with Crippen molar-refractivity contribution in [2.24, 2.45) is 5.73 Å². The van der Waals surface area contributed by atoms with Gasteiger partial charge in [0.1, 0.15) is 17.0 Å². The molecule has 3 aromatic carbocycles. The van der Waals surface area contributed by atoms with Crippen molar-refractivity contribution in [3.05, 3.63) is 106 Å². The van der Waals surface area contributed by atoms with E-state index in [0.717, 1.165) is 17.5 Å². The van der Waals surface area contributed by atoms with Crippen molar-refractivity contribution < 1.29 is 23.5 Å². The van der Waals surface area contributed by atoms with E-state index in [9.17, 15) is 14.9 Å². The third kappa shape index (κ3) is 4.70. The highest BCUT2D eigenvalue weighted by Gasteiger charge is 2.43. The molecule has 0 aliphatic carbocycles. The van der Waals surface area contributed by atoms with Crippen molar-refractivity contribution in [1.29, 1.82) is 5.26 Å². The van der Waals surface area contributed by atoms with Crippen LogP contribution in [-0.2, 0) is 25.5 Å². The highest BCUT2D eigenvalue weighted by atomic mass is 16.5. The van der Waals surface area contributed by atoms with E-state index in [2.05, 4.69) is 18.0 Å². The number of allylic oxidation sites excluding steroid dienone is 1. The van der Waals surface area contributed by atoms with Crippen molar-refractivity contribution in [2.75, 3.05) is 19.1 Å². The van der Waals surface area contributed by atoms with Crippen LogP contribution in [0.25, 0.3) is 22.6 Å². The fourth-order valence-electron chi connectivity index (χ4n) is 5.06. The van der Waals surface area contributed by atoms with Crippen LogP contribution < -0.4 is 10.6 Å². The molecule has 1 aliphatic heterocycles. The lowest BCUT2D eigenvalue weighted by Crippen LogP contribution is -2.41. The van der Waals surface area contributed by atoms with Gasteiger partial charge in [-0.1, -0.05) is 49.4 Å². The second-order valence-electron chi connectivity index (χ2n) is 9.51. The zero-order valence-corrected chi connectivity index (χ0v) is 23.1. The Bertz CT molecular complexity index is 1780. The number of ether oxygens (including phenoxy) is 2. The first-order chi connectivity index (χ1) is 19.8. The van der Waals surface area contributed by atoms with Crippen molar-refractivity contribution >= 4 is 28.7 Å². The molecular formula is C32H28N4O5. The predicted octanol–water partition coefficient (Wildman–Crippen LogP) is 5.26. The normalized spacial score (nSPS) is 15.2. The Labute approximate surface area is 237 Å². The number of aryl methyl sites for hydroxylation is 2. The number of fused-ring (bicyclic) bond motifs is 1. The molecule has 5 rings (SSSR count). The molecule has 206 valence electrons. The molecule has 0 radical (unpaired) electrons. The monoisotopic (exact) mass is 548 g/mol. The number of esters is 2. The summed E-state index contributed by atoms with van der Waals surface area (Å²) in [5.41, 5.74) is 11.4. The molecule has 0 spiro atoms. The van der Waals surface area contributed by atoms with Gasteiger partial charge in [-0.25, -0.2) is 14.6 Å². The standard InChI is InChI=1S/C32H28N4O5/c1-5-19-12-14-25-23(15-19)35-30(41-25)21-13-11-18(2)24(16-21)36-28(32(38)40-4)27(31(37)39-3)26(22(17-33)29(36)34)20-9-7-6-8-10-20/h6-16,26H,5,34H2,1-4H3. The molecule has 1 aliphatic rings. The lowest BCUT2D eigenvalue weighted by Gasteiger charge is -2.36. The lowest BCUT2D eigenvalue weighted by atomic mass is 9.80. The Kier molecular flexibility index (Phi) is 7.32. The number of benzene rings is 3. The highest BCUT2D eigenvalue weighted by molar-refractivity contribution is 6.06. The summed E-state index contributed by atoms with van der Waals surface area (Å²) < 4.78 is 16.3. The molecule has 0 saturated carbocycles. The fourth-order valence-corrected chi connectivity index (χ4v) is 5.06. The maximum Gasteiger partial charge on any atom is 0.355 e. The summed E-state index contributed by atoms with van der Waals surface area (Å²) in [6, 6.07) is 22.3. The van der Waals surface area contributed by atoms with Gasteiger partial charge < -0.3 is 19.6 Å². The van der Waals surface area contributed by atoms with Gasteiger partial charge in [-0.15, -0.1) is 0 Å². The van der Waals surface area contributed by atoms with E-state index in [0.29, 0.717) is 33.9 Å².